The lowest BCUT2D eigenvalue weighted by atomic mass is 10.1. The number of rotatable bonds is 3. The maximum Gasteiger partial charge on any atom is 0.171 e. The molecule has 0 amide bonds. The van der Waals surface area contributed by atoms with Crippen LogP contribution in [0.4, 0.5) is 0 Å². The molecule has 0 aromatic carbocycles. The first-order valence-corrected chi connectivity index (χ1v) is 4.27. The number of pyridine rings is 1. The summed E-state index contributed by atoms with van der Waals surface area (Å²) in [7, 11) is 2.06. The molecule has 0 saturated heterocycles. The van der Waals surface area contributed by atoms with Crippen molar-refractivity contribution in [3.8, 4) is 0 Å². The van der Waals surface area contributed by atoms with E-state index in [0.717, 1.165) is 0 Å². The molecule has 0 radical (unpaired) electrons. The lowest BCUT2D eigenvalue weighted by Gasteiger charge is -1.95. The molecule has 0 spiro atoms. The van der Waals surface area contributed by atoms with Gasteiger partial charge >= 0.3 is 0 Å². The summed E-state index contributed by atoms with van der Waals surface area (Å²) in [5.41, 5.74) is 1.44. The predicted molar refractivity (Wildman–Crippen MR) is 46.2 cm³/mol. The van der Waals surface area contributed by atoms with Gasteiger partial charge in [0.15, 0.2) is 12.4 Å². The molecule has 1 aromatic heterocycles. The standard InChI is InChI=1S/C10H16N.ClH/c1-3-4-6-10-7-5-8-11(2)9-10;/h5,7-9H,3-4,6H2,1-2H3;1H/q+1;/p-1. The third-order valence-corrected chi connectivity index (χ3v) is 1.82. The van der Waals surface area contributed by atoms with E-state index >= 15 is 0 Å². The van der Waals surface area contributed by atoms with E-state index in [4.69, 9.17) is 0 Å². The lowest BCUT2D eigenvalue weighted by Crippen LogP contribution is -3.00. The fourth-order valence-corrected chi connectivity index (χ4v) is 1.18. The Morgan fingerprint density at radius 2 is 2.17 bits per heavy atom. The van der Waals surface area contributed by atoms with Crippen molar-refractivity contribution in [3.05, 3.63) is 30.1 Å². The van der Waals surface area contributed by atoms with Crippen molar-refractivity contribution in [1.82, 2.24) is 0 Å². The molecule has 1 heterocycles. The van der Waals surface area contributed by atoms with Crippen LogP contribution in [0.2, 0.25) is 0 Å². The van der Waals surface area contributed by atoms with Crippen LogP contribution >= 0.6 is 0 Å². The normalized spacial score (nSPS) is 9.17. The third kappa shape index (κ3) is 3.72. The van der Waals surface area contributed by atoms with E-state index in [-0.39, 0.29) is 12.4 Å². The minimum absolute atomic E-state index is 0. The van der Waals surface area contributed by atoms with Crippen LogP contribution in [0.3, 0.4) is 0 Å². The Labute approximate surface area is 80.8 Å². The van der Waals surface area contributed by atoms with E-state index in [9.17, 15) is 0 Å². The van der Waals surface area contributed by atoms with Gasteiger partial charge in [0, 0.05) is 11.6 Å². The summed E-state index contributed by atoms with van der Waals surface area (Å²) in [6.45, 7) is 2.23. The zero-order chi connectivity index (χ0) is 8.10. The Kier molecular flexibility index (Phi) is 5.73. The highest BCUT2D eigenvalue weighted by Crippen LogP contribution is 2.00. The fourth-order valence-electron chi connectivity index (χ4n) is 1.18. The molecule has 0 aliphatic carbocycles. The summed E-state index contributed by atoms with van der Waals surface area (Å²) in [6.07, 6.45) is 8.04. The zero-order valence-electron chi connectivity index (χ0n) is 7.76. The molecule has 1 nitrogen and oxygen atoms in total. The van der Waals surface area contributed by atoms with Crippen LogP contribution in [0.25, 0.3) is 0 Å². The van der Waals surface area contributed by atoms with Crippen molar-refractivity contribution < 1.29 is 17.0 Å². The fraction of sp³-hybridized carbons (Fsp3) is 0.500. The highest BCUT2D eigenvalue weighted by atomic mass is 35.5. The van der Waals surface area contributed by atoms with E-state index in [0.29, 0.717) is 0 Å². The average molecular weight is 186 g/mol. The van der Waals surface area contributed by atoms with Gasteiger partial charge in [-0.05, 0) is 18.9 Å². The molecule has 0 aliphatic rings. The first-order chi connectivity index (χ1) is 5.33. The van der Waals surface area contributed by atoms with Gasteiger partial charge in [-0.15, -0.1) is 0 Å². The highest BCUT2D eigenvalue weighted by Gasteiger charge is 1.95. The molecule has 68 valence electrons. The predicted octanol–water partition coefficient (Wildman–Crippen LogP) is -1.14. The van der Waals surface area contributed by atoms with E-state index < -0.39 is 0 Å². The molecule has 0 aliphatic heterocycles. The second-order valence-electron chi connectivity index (χ2n) is 2.98. The zero-order valence-corrected chi connectivity index (χ0v) is 8.51. The van der Waals surface area contributed by atoms with Gasteiger partial charge in [-0.3, -0.25) is 0 Å². The average Bonchev–Trinajstić information content (AvgIpc) is 2.01. The minimum Gasteiger partial charge on any atom is -1.00 e. The van der Waals surface area contributed by atoms with Crippen molar-refractivity contribution in [1.29, 1.82) is 0 Å². The molecule has 0 fully saturated rings. The van der Waals surface area contributed by atoms with Crippen molar-refractivity contribution in [3.63, 3.8) is 0 Å². The van der Waals surface area contributed by atoms with Crippen molar-refractivity contribution in [2.45, 2.75) is 26.2 Å². The van der Waals surface area contributed by atoms with E-state index in [2.05, 4.69) is 43.1 Å². The molecule has 0 N–H and O–H groups in total. The summed E-state index contributed by atoms with van der Waals surface area (Å²) < 4.78 is 2.10. The van der Waals surface area contributed by atoms with Gasteiger partial charge in [0.1, 0.15) is 7.05 Å². The molecule has 0 unspecified atom stereocenters. The molecular weight excluding hydrogens is 170 g/mol. The van der Waals surface area contributed by atoms with Crippen molar-refractivity contribution in [2.75, 3.05) is 0 Å². The molecule has 0 bridgehead atoms. The summed E-state index contributed by atoms with van der Waals surface area (Å²) in [4.78, 5) is 0. The number of hydrogen-bond donors (Lipinski definition) is 0. The Morgan fingerprint density at radius 1 is 1.42 bits per heavy atom. The number of unbranched alkanes of at least 4 members (excludes halogenated alkanes) is 1. The molecule has 1 rings (SSSR count). The molecule has 2 heteroatoms. The molecule has 0 atom stereocenters. The Morgan fingerprint density at radius 3 is 2.75 bits per heavy atom. The second-order valence-corrected chi connectivity index (χ2v) is 2.98. The van der Waals surface area contributed by atoms with E-state index in [1.165, 1.54) is 24.8 Å². The van der Waals surface area contributed by atoms with Crippen molar-refractivity contribution in [2.24, 2.45) is 7.05 Å². The monoisotopic (exact) mass is 185 g/mol. The summed E-state index contributed by atoms with van der Waals surface area (Å²) in [5, 5.41) is 0. The topological polar surface area (TPSA) is 3.88 Å². The largest absolute Gasteiger partial charge is 1.00 e. The molecule has 12 heavy (non-hydrogen) atoms. The summed E-state index contributed by atoms with van der Waals surface area (Å²) >= 11 is 0. The van der Waals surface area contributed by atoms with Gasteiger partial charge in [-0.25, -0.2) is 4.57 Å². The van der Waals surface area contributed by atoms with Gasteiger partial charge in [-0.2, -0.15) is 0 Å². The van der Waals surface area contributed by atoms with Crippen LogP contribution in [0.15, 0.2) is 24.5 Å². The van der Waals surface area contributed by atoms with Gasteiger partial charge < -0.3 is 12.4 Å². The number of aromatic nitrogens is 1. The quantitative estimate of drug-likeness (QED) is 0.525. The summed E-state index contributed by atoms with van der Waals surface area (Å²) in [5.74, 6) is 0. The number of nitrogens with zero attached hydrogens (tertiary/aromatic N) is 1. The summed E-state index contributed by atoms with van der Waals surface area (Å²) in [6, 6.07) is 4.29. The van der Waals surface area contributed by atoms with E-state index in [1.54, 1.807) is 0 Å². The lowest BCUT2D eigenvalue weighted by molar-refractivity contribution is -0.671. The van der Waals surface area contributed by atoms with Crippen LogP contribution in [0, 0.1) is 0 Å². The molecule has 0 saturated carbocycles. The smallest absolute Gasteiger partial charge is 0.171 e. The first-order valence-electron chi connectivity index (χ1n) is 4.27. The van der Waals surface area contributed by atoms with Gasteiger partial charge in [0.2, 0.25) is 0 Å². The highest BCUT2D eigenvalue weighted by molar-refractivity contribution is 5.04. The van der Waals surface area contributed by atoms with Crippen LogP contribution in [0.5, 0.6) is 0 Å². The third-order valence-electron chi connectivity index (χ3n) is 1.82. The second kappa shape index (κ2) is 6.01. The first kappa shape index (κ1) is 11.4. The van der Waals surface area contributed by atoms with Crippen LogP contribution < -0.4 is 17.0 Å². The van der Waals surface area contributed by atoms with Gasteiger partial charge in [0.25, 0.3) is 0 Å². The van der Waals surface area contributed by atoms with E-state index in [1.807, 2.05) is 0 Å². The Hall–Kier alpha value is -0.560. The van der Waals surface area contributed by atoms with Crippen molar-refractivity contribution >= 4 is 0 Å². The SMILES string of the molecule is CCCCc1ccc[n+](C)c1.[Cl-]. The maximum absolute atomic E-state index is 2.23. The molecule has 1 aromatic rings. The maximum atomic E-state index is 2.23. The van der Waals surface area contributed by atoms with Crippen LogP contribution in [0.1, 0.15) is 25.3 Å². The number of aryl methyl sites for hydroxylation is 2. The van der Waals surface area contributed by atoms with Gasteiger partial charge in [-0.1, -0.05) is 13.3 Å². The van der Waals surface area contributed by atoms with Gasteiger partial charge in [0.05, 0.1) is 0 Å². The molecular formula is C10H16ClN. The van der Waals surface area contributed by atoms with Crippen LogP contribution in [-0.4, -0.2) is 0 Å². The minimum atomic E-state index is 0. The Balaban J connectivity index is 0.00000121. The number of hydrogen-bond acceptors (Lipinski definition) is 0. The number of halogens is 1. The van der Waals surface area contributed by atoms with Crippen LogP contribution in [-0.2, 0) is 13.5 Å². The Bertz CT molecular complexity index is 223.